The van der Waals surface area contributed by atoms with E-state index in [2.05, 4.69) is 10.6 Å². The van der Waals surface area contributed by atoms with E-state index in [9.17, 15) is 19.5 Å². The van der Waals surface area contributed by atoms with E-state index in [1.807, 2.05) is 27.7 Å². The summed E-state index contributed by atoms with van der Waals surface area (Å²) in [4.78, 5) is 41.2. The molecule has 1 aliphatic heterocycles. The zero-order valence-electron chi connectivity index (χ0n) is 20.8. The number of urea groups is 1. The van der Waals surface area contributed by atoms with Gasteiger partial charge in [0.05, 0.1) is 25.6 Å². The van der Waals surface area contributed by atoms with E-state index in [0.717, 1.165) is 12.8 Å². The lowest BCUT2D eigenvalue weighted by molar-refractivity contribution is -0.134. The second kappa shape index (κ2) is 11.1. The Morgan fingerprint density at radius 3 is 2.59 bits per heavy atom. The van der Waals surface area contributed by atoms with Crippen molar-refractivity contribution in [1.82, 2.24) is 15.1 Å². The van der Waals surface area contributed by atoms with Crippen LogP contribution < -0.4 is 15.4 Å². The largest absolute Gasteiger partial charge is 0.488 e. The summed E-state index contributed by atoms with van der Waals surface area (Å²) in [6.07, 6.45) is 1.52. The fourth-order valence-electron chi connectivity index (χ4n) is 4.03. The average Bonchev–Trinajstić information content (AvgIpc) is 3.62. The van der Waals surface area contributed by atoms with Crippen LogP contribution in [0.25, 0.3) is 0 Å². The van der Waals surface area contributed by atoms with Gasteiger partial charge < -0.3 is 30.3 Å². The number of aliphatic hydroxyl groups is 1. The van der Waals surface area contributed by atoms with Crippen LogP contribution in [0.1, 0.15) is 46.1 Å². The molecule has 0 radical (unpaired) electrons. The van der Waals surface area contributed by atoms with E-state index < -0.39 is 0 Å². The van der Waals surface area contributed by atoms with Gasteiger partial charge in [-0.2, -0.15) is 0 Å². The molecule has 0 saturated heterocycles. The van der Waals surface area contributed by atoms with Crippen LogP contribution in [0.3, 0.4) is 0 Å². The summed E-state index contributed by atoms with van der Waals surface area (Å²) in [5.41, 5.74) is 1.30. The normalized spacial score (nSPS) is 21.5. The van der Waals surface area contributed by atoms with Crippen molar-refractivity contribution in [2.24, 2.45) is 11.8 Å². The molecule has 3 N–H and O–H groups in total. The highest BCUT2D eigenvalue weighted by Crippen LogP contribution is 2.32. The van der Waals surface area contributed by atoms with Crippen LogP contribution in [0.4, 0.5) is 10.5 Å². The number of carbonyl (C=O) groups excluding carboxylic acids is 3. The smallest absolute Gasteiger partial charge is 0.317 e. The number of ether oxygens (including phenoxy) is 1. The molecule has 1 heterocycles. The van der Waals surface area contributed by atoms with Gasteiger partial charge in [-0.15, -0.1) is 0 Å². The molecule has 1 fully saturated rings. The number of fused-ring (bicyclic) bond motifs is 1. The summed E-state index contributed by atoms with van der Waals surface area (Å²) in [6.45, 7) is 8.18. The van der Waals surface area contributed by atoms with E-state index in [4.69, 9.17) is 4.74 Å². The first-order valence-electron chi connectivity index (χ1n) is 12.1. The molecular weight excluding hydrogens is 436 g/mol. The number of hydrogen-bond acceptors (Lipinski definition) is 5. The van der Waals surface area contributed by atoms with Crippen molar-refractivity contribution in [3.05, 3.63) is 23.8 Å². The number of anilines is 1. The molecule has 4 amide bonds. The third kappa shape index (κ3) is 6.62. The van der Waals surface area contributed by atoms with Gasteiger partial charge in [-0.05, 0) is 51.8 Å². The molecule has 34 heavy (non-hydrogen) atoms. The number of aliphatic hydroxyl groups excluding tert-OH is 1. The number of amides is 4. The minimum atomic E-state index is -0.382. The lowest BCUT2D eigenvalue weighted by Gasteiger charge is -2.34. The highest BCUT2D eigenvalue weighted by atomic mass is 16.5. The molecule has 3 atom stereocenters. The topological polar surface area (TPSA) is 111 Å². The van der Waals surface area contributed by atoms with Crippen LogP contribution in [0.15, 0.2) is 18.2 Å². The Kier molecular flexibility index (Phi) is 8.41. The molecule has 0 spiro atoms. The Hall–Kier alpha value is -2.81. The van der Waals surface area contributed by atoms with Gasteiger partial charge in [-0.1, -0.05) is 6.92 Å². The van der Waals surface area contributed by atoms with E-state index in [-0.39, 0.29) is 60.9 Å². The summed E-state index contributed by atoms with van der Waals surface area (Å²) < 4.78 is 6.41. The van der Waals surface area contributed by atoms with Crippen molar-refractivity contribution < 1.29 is 24.2 Å². The van der Waals surface area contributed by atoms with Gasteiger partial charge in [0.15, 0.2) is 0 Å². The summed E-state index contributed by atoms with van der Waals surface area (Å²) in [5.74, 6) is 0.408. The second-order valence-corrected chi connectivity index (χ2v) is 9.96. The maximum atomic E-state index is 13.2. The lowest BCUT2D eigenvalue weighted by atomic mass is 10.0. The standard InChI is InChI=1S/C25H38N4O5/c1-15(2)26-25(33)28(5)13-22-16(3)12-29(17(4)14-30)23(31)11-19-10-20(8-9-21(19)34-22)27-24(32)18-6-7-18/h8-10,15-18,22,30H,6-7,11-14H2,1-5H3,(H,26,33)(H,27,32)/t16-,17-,22+/m1/s1. The number of likely N-dealkylation sites (N-methyl/N-ethyl adjacent to an activating group) is 1. The molecule has 188 valence electrons. The van der Waals surface area contributed by atoms with E-state index in [0.29, 0.717) is 30.1 Å². The molecule has 1 saturated carbocycles. The summed E-state index contributed by atoms with van der Waals surface area (Å²) in [7, 11) is 1.72. The number of rotatable bonds is 7. The molecule has 0 aromatic heterocycles. The Bertz CT molecular complexity index is 901. The van der Waals surface area contributed by atoms with Gasteiger partial charge in [0, 0.05) is 42.7 Å². The molecule has 0 unspecified atom stereocenters. The monoisotopic (exact) mass is 474 g/mol. The van der Waals surface area contributed by atoms with Crippen molar-refractivity contribution in [3.63, 3.8) is 0 Å². The van der Waals surface area contributed by atoms with Gasteiger partial charge in [-0.3, -0.25) is 9.59 Å². The Labute approximate surface area is 201 Å². The third-order valence-electron chi connectivity index (χ3n) is 6.34. The van der Waals surface area contributed by atoms with E-state index in [1.54, 1.807) is 35.0 Å². The molecule has 1 aromatic carbocycles. The van der Waals surface area contributed by atoms with Crippen molar-refractivity contribution in [3.8, 4) is 5.75 Å². The first-order valence-corrected chi connectivity index (χ1v) is 12.1. The molecule has 2 aliphatic rings. The first kappa shape index (κ1) is 25.8. The maximum Gasteiger partial charge on any atom is 0.317 e. The Balaban J connectivity index is 1.89. The third-order valence-corrected chi connectivity index (χ3v) is 6.34. The van der Waals surface area contributed by atoms with Gasteiger partial charge in [-0.25, -0.2) is 4.79 Å². The minimum absolute atomic E-state index is 0.00456. The minimum Gasteiger partial charge on any atom is -0.488 e. The van der Waals surface area contributed by atoms with E-state index in [1.165, 1.54) is 0 Å². The molecule has 1 aliphatic carbocycles. The van der Waals surface area contributed by atoms with Crippen LogP contribution >= 0.6 is 0 Å². The predicted octanol–water partition coefficient (Wildman–Crippen LogP) is 2.23. The molecule has 0 bridgehead atoms. The number of carbonyl (C=O) groups is 3. The quantitative estimate of drug-likeness (QED) is 0.561. The molecule has 1 aromatic rings. The van der Waals surface area contributed by atoms with Crippen LogP contribution in [-0.4, -0.2) is 77.7 Å². The number of benzene rings is 1. The van der Waals surface area contributed by atoms with Crippen LogP contribution in [0.2, 0.25) is 0 Å². The molecule has 3 rings (SSSR count). The predicted molar refractivity (Wildman–Crippen MR) is 130 cm³/mol. The zero-order valence-corrected chi connectivity index (χ0v) is 20.8. The highest BCUT2D eigenvalue weighted by molar-refractivity contribution is 5.94. The second-order valence-electron chi connectivity index (χ2n) is 9.96. The van der Waals surface area contributed by atoms with E-state index >= 15 is 0 Å². The molecular formula is C25H38N4O5. The Morgan fingerprint density at radius 2 is 1.97 bits per heavy atom. The molecule has 9 heteroatoms. The number of nitrogens with zero attached hydrogens (tertiary/aromatic N) is 2. The zero-order chi connectivity index (χ0) is 25.0. The first-order chi connectivity index (χ1) is 16.1. The number of nitrogens with one attached hydrogen (secondary N) is 2. The fraction of sp³-hybridized carbons (Fsp3) is 0.640. The molecule has 9 nitrogen and oxygen atoms in total. The van der Waals surface area contributed by atoms with Crippen molar-refractivity contribution >= 4 is 23.5 Å². The van der Waals surface area contributed by atoms with Gasteiger partial charge in [0.1, 0.15) is 11.9 Å². The van der Waals surface area contributed by atoms with Crippen LogP contribution in [-0.2, 0) is 16.0 Å². The average molecular weight is 475 g/mol. The lowest BCUT2D eigenvalue weighted by Crippen LogP contribution is -2.49. The SMILES string of the molecule is CC(C)NC(=O)N(C)C[C@@H]1Oc2ccc(NC(=O)C3CC3)cc2CC(=O)N([C@H](C)CO)C[C@H]1C. The van der Waals surface area contributed by atoms with Crippen molar-refractivity contribution in [2.75, 3.05) is 32.1 Å². The van der Waals surface area contributed by atoms with Gasteiger partial charge >= 0.3 is 6.03 Å². The van der Waals surface area contributed by atoms with Gasteiger partial charge in [0.25, 0.3) is 0 Å². The Morgan fingerprint density at radius 1 is 1.26 bits per heavy atom. The highest BCUT2D eigenvalue weighted by Gasteiger charge is 2.33. The maximum absolute atomic E-state index is 13.2. The summed E-state index contributed by atoms with van der Waals surface area (Å²) in [6, 6.07) is 4.82. The van der Waals surface area contributed by atoms with Crippen LogP contribution in [0.5, 0.6) is 5.75 Å². The van der Waals surface area contributed by atoms with Crippen LogP contribution in [0, 0.1) is 11.8 Å². The fourth-order valence-corrected chi connectivity index (χ4v) is 4.03. The van der Waals surface area contributed by atoms with Gasteiger partial charge in [0.2, 0.25) is 11.8 Å². The van der Waals surface area contributed by atoms with Crippen molar-refractivity contribution in [1.29, 1.82) is 0 Å². The summed E-state index contributed by atoms with van der Waals surface area (Å²) >= 11 is 0. The summed E-state index contributed by atoms with van der Waals surface area (Å²) in [5, 5.41) is 15.6. The van der Waals surface area contributed by atoms with Crippen molar-refractivity contribution in [2.45, 2.75) is 65.1 Å². The number of hydrogen-bond donors (Lipinski definition) is 3.